The van der Waals surface area contributed by atoms with E-state index in [1.165, 1.54) is 5.56 Å². The van der Waals surface area contributed by atoms with Gasteiger partial charge in [0.1, 0.15) is 5.75 Å². The van der Waals surface area contributed by atoms with Crippen molar-refractivity contribution in [1.29, 1.82) is 0 Å². The highest BCUT2D eigenvalue weighted by Crippen LogP contribution is 2.32. The number of ether oxygens (including phenoxy) is 1. The molecule has 0 N–H and O–H groups in total. The standard InChI is InChI=1S/C27H31N3O4S/c1-34-24-9-7-22(8-10-24)26-18-25(28-30(26)23-13-16-35(32,33)19-23)27(31)29-14-11-21(12-15-29)17-20-5-3-2-4-6-20/h2-10,18,21,23H,11-17,19H2,1H3/t23-/m1/s1. The molecule has 2 aliphatic heterocycles. The number of carbonyl (C=O) groups excluding carboxylic acids is 1. The maximum atomic E-state index is 13.4. The van der Waals surface area contributed by atoms with Gasteiger partial charge in [0.25, 0.3) is 5.91 Å². The Hall–Kier alpha value is -3.13. The lowest BCUT2D eigenvalue weighted by molar-refractivity contribution is 0.0683. The van der Waals surface area contributed by atoms with Crippen LogP contribution in [0.4, 0.5) is 0 Å². The lowest BCUT2D eigenvalue weighted by Gasteiger charge is -2.31. The average molecular weight is 494 g/mol. The van der Waals surface area contributed by atoms with Gasteiger partial charge in [0.2, 0.25) is 0 Å². The Kier molecular flexibility index (Phi) is 6.65. The average Bonchev–Trinajstić information content (AvgIpc) is 3.48. The monoisotopic (exact) mass is 493 g/mol. The number of benzene rings is 2. The highest BCUT2D eigenvalue weighted by Gasteiger charge is 2.33. The first-order valence-electron chi connectivity index (χ1n) is 12.2. The van der Waals surface area contributed by atoms with Crippen molar-refractivity contribution in [2.24, 2.45) is 5.92 Å². The van der Waals surface area contributed by atoms with E-state index in [0.29, 0.717) is 31.1 Å². The quantitative estimate of drug-likeness (QED) is 0.518. The number of piperidine rings is 1. The molecule has 2 saturated heterocycles. The summed E-state index contributed by atoms with van der Waals surface area (Å²) >= 11 is 0. The zero-order chi connectivity index (χ0) is 24.4. The first kappa shape index (κ1) is 23.6. The molecule has 184 valence electrons. The van der Waals surface area contributed by atoms with E-state index in [2.05, 4.69) is 29.4 Å². The van der Waals surface area contributed by atoms with Crippen molar-refractivity contribution in [3.63, 3.8) is 0 Å². The van der Waals surface area contributed by atoms with Crippen molar-refractivity contribution in [3.05, 3.63) is 71.9 Å². The predicted octanol–water partition coefficient (Wildman–Crippen LogP) is 4.01. The third-order valence-electron chi connectivity index (χ3n) is 7.16. The minimum Gasteiger partial charge on any atom is -0.497 e. The first-order valence-corrected chi connectivity index (χ1v) is 14.0. The molecule has 2 aromatic carbocycles. The second kappa shape index (κ2) is 9.85. The van der Waals surface area contributed by atoms with Crippen molar-refractivity contribution in [2.75, 3.05) is 31.7 Å². The molecule has 0 bridgehead atoms. The Labute approximate surface area is 206 Å². The van der Waals surface area contributed by atoms with Gasteiger partial charge in [0, 0.05) is 18.7 Å². The van der Waals surface area contributed by atoms with Crippen LogP contribution in [0.1, 0.15) is 41.4 Å². The summed E-state index contributed by atoms with van der Waals surface area (Å²) in [5.74, 6) is 1.42. The normalized spacial score (nSPS) is 20.1. The molecule has 2 fully saturated rings. The highest BCUT2D eigenvalue weighted by molar-refractivity contribution is 7.91. The van der Waals surface area contributed by atoms with E-state index in [1.807, 2.05) is 41.3 Å². The van der Waals surface area contributed by atoms with Gasteiger partial charge < -0.3 is 9.64 Å². The number of nitrogens with zero attached hydrogens (tertiary/aromatic N) is 3. The Morgan fingerprint density at radius 3 is 2.37 bits per heavy atom. The number of sulfone groups is 1. The summed E-state index contributed by atoms with van der Waals surface area (Å²) < 4.78 is 31.3. The fourth-order valence-electron chi connectivity index (χ4n) is 5.17. The molecule has 1 aromatic heterocycles. The van der Waals surface area contributed by atoms with Crippen LogP contribution in [0.5, 0.6) is 5.75 Å². The molecular formula is C27H31N3O4S. The number of hydrogen-bond donors (Lipinski definition) is 0. The first-order chi connectivity index (χ1) is 16.9. The van der Waals surface area contributed by atoms with Crippen LogP contribution >= 0.6 is 0 Å². The summed E-state index contributed by atoms with van der Waals surface area (Å²) in [6.45, 7) is 1.41. The molecule has 1 amide bonds. The largest absolute Gasteiger partial charge is 0.497 e. The summed E-state index contributed by atoms with van der Waals surface area (Å²) in [5, 5.41) is 4.67. The van der Waals surface area contributed by atoms with Crippen LogP contribution in [-0.2, 0) is 16.3 Å². The summed E-state index contributed by atoms with van der Waals surface area (Å²) in [4.78, 5) is 15.3. The molecule has 3 heterocycles. The number of methoxy groups -OCH3 is 1. The van der Waals surface area contributed by atoms with E-state index < -0.39 is 9.84 Å². The molecule has 0 unspecified atom stereocenters. The molecule has 3 aromatic rings. The minimum absolute atomic E-state index is 0.0519. The van der Waals surface area contributed by atoms with Crippen LogP contribution in [0.25, 0.3) is 11.3 Å². The number of aromatic nitrogens is 2. The van der Waals surface area contributed by atoms with E-state index in [0.717, 1.165) is 36.3 Å². The van der Waals surface area contributed by atoms with Crippen molar-refractivity contribution < 1.29 is 17.9 Å². The van der Waals surface area contributed by atoms with Gasteiger partial charge in [-0.15, -0.1) is 0 Å². The number of amides is 1. The molecule has 1 atom stereocenters. The zero-order valence-electron chi connectivity index (χ0n) is 20.0. The lowest BCUT2D eigenvalue weighted by Crippen LogP contribution is -2.39. The minimum atomic E-state index is -3.09. The maximum Gasteiger partial charge on any atom is 0.274 e. The second-order valence-corrected chi connectivity index (χ2v) is 11.8. The van der Waals surface area contributed by atoms with Gasteiger partial charge in [0.15, 0.2) is 15.5 Å². The SMILES string of the molecule is COc1ccc(-c2cc(C(=O)N3CCC(Cc4ccccc4)CC3)nn2[C@@H]2CCS(=O)(=O)C2)cc1. The molecule has 0 aliphatic carbocycles. The Balaban J connectivity index is 1.35. The third-order valence-corrected chi connectivity index (χ3v) is 8.91. The predicted molar refractivity (Wildman–Crippen MR) is 135 cm³/mol. The number of carbonyl (C=O) groups is 1. The topological polar surface area (TPSA) is 81.5 Å². The summed E-state index contributed by atoms with van der Waals surface area (Å²) in [6, 6.07) is 19.6. The van der Waals surface area contributed by atoms with Crippen molar-refractivity contribution >= 4 is 15.7 Å². The van der Waals surface area contributed by atoms with Crippen LogP contribution in [0.2, 0.25) is 0 Å². The number of hydrogen-bond acceptors (Lipinski definition) is 5. The van der Waals surface area contributed by atoms with Crippen LogP contribution in [0.15, 0.2) is 60.7 Å². The Morgan fingerprint density at radius 1 is 1.03 bits per heavy atom. The zero-order valence-corrected chi connectivity index (χ0v) is 20.8. The van der Waals surface area contributed by atoms with Gasteiger partial charge in [0.05, 0.1) is 30.4 Å². The van der Waals surface area contributed by atoms with Gasteiger partial charge in [-0.1, -0.05) is 30.3 Å². The molecule has 2 aliphatic rings. The van der Waals surface area contributed by atoms with Crippen molar-refractivity contribution in [1.82, 2.24) is 14.7 Å². The fraction of sp³-hybridized carbons (Fsp3) is 0.407. The molecule has 7 nitrogen and oxygen atoms in total. The van der Waals surface area contributed by atoms with Crippen LogP contribution < -0.4 is 4.74 Å². The van der Waals surface area contributed by atoms with E-state index in [4.69, 9.17) is 4.74 Å². The molecule has 35 heavy (non-hydrogen) atoms. The smallest absolute Gasteiger partial charge is 0.274 e. The number of rotatable bonds is 6. The van der Waals surface area contributed by atoms with Gasteiger partial charge in [-0.3, -0.25) is 9.48 Å². The van der Waals surface area contributed by atoms with Gasteiger partial charge >= 0.3 is 0 Å². The fourth-order valence-corrected chi connectivity index (χ4v) is 6.86. The highest BCUT2D eigenvalue weighted by atomic mass is 32.2. The van der Waals surface area contributed by atoms with Crippen LogP contribution in [-0.4, -0.2) is 60.7 Å². The van der Waals surface area contributed by atoms with Crippen LogP contribution in [0, 0.1) is 5.92 Å². The molecule has 0 radical (unpaired) electrons. The van der Waals surface area contributed by atoms with E-state index >= 15 is 0 Å². The van der Waals surface area contributed by atoms with Crippen molar-refractivity contribution in [3.8, 4) is 17.0 Å². The van der Waals surface area contributed by atoms with Gasteiger partial charge in [-0.25, -0.2) is 8.42 Å². The summed E-state index contributed by atoms with van der Waals surface area (Å²) in [7, 11) is -1.48. The molecule has 5 rings (SSSR count). The van der Waals surface area contributed by atoms with E-state index in [1.54, 1.807) is 11.8 Å². The molecule has 8 heteroatoms. The maximum absolute atomic E-state index is 13.4. The second-order valence-electron chi connectivity index (χ2n) is 9.57. The number of likely N-dealkylation sites (tertiary alicyclic amines) is 1. The molecule has 0 saturated carbocycles. The summed E-state index contributed by atoms with van der Waals surface area (Å²) in [6.07, 6.45) is 3.47. The van der Waals surface area contributed by atoms with Gasteiger partial charge in [-0.2, -0.15) is 5.10 Å². The van der Waals surface area contributed by atoms with E-state index in [-0.39, 0.29) is 23.5 Å². The molecular weight excluding hydrogens is 462 g/mol. The van der Waals surface area contributed by atoms with Crippen LogP contribution in [0.3, 0.4) is 0 Å². The Morgan fingerprint density at radius 2 is 1.74 bits per heavy atom. The van der Waals surface area contributed by atoms with Crippen molar-refractivity contribution in [2.45, 2.75) is 31.7 Å². The molecule has 0 spiro atoms. The van der Waals surface area contributed by atoms with E-state index in [9.17, 15) is 13.2 Å². The Bertz CT molecular complexity index is 1280. The third kappa shape index (κ3) is 5.27. The van der Waals surface area contributed by atoms with Gasteiger partial charge in [-0.05, 0) is 67.5 Å². The summed E-state index contributed by atoms with van der Waals surface area (Å²) in [5.41, 5.74) is 3.36. The lowest BCUT2D eigenvalue weighted by atomic mass is 9.90.